The van der Waals surface area contributed by atoms with Crippen molar-refractivity contribution in [3.63, 3.8) is 0 Å². The van der Waals surface area contributed by atoms with Gasteiger partial charge in [-0.1, -0.05) is 36.4 Å². The average molecular weight is 699 g/mol. The molecule has 0 bridgehead atoms. The van der Waals surface area contributed by atoms with Gasteiger partial charge in [0.1, 0.15) is 15.5 Å². The summed E-state index contributed by atoms with van der Waals surface area (Å²) in [6.07, 6.45) is 9.44. The van der Waals surface area contributed by atoms with Crippen molar-refractivity contribution in [3.05, 3.63) is 130 Å². The van der Waals surface area contributed by atoms with Crippen LogP contribution in [0, 0.1) is 10.1 Å². The van der Waals surface area contributed by atoms with E-state index in [9.17, 15) is 41.2 Å². The minimum Gasteiger partial charge on any atom is -0.507 e. The third kappa shape index (κ3) is 7.09. The Hall–Kier alpha value is -6.14. The molecular weight excluding hydrogens is 677 g/mol. The molecule has 4 aromatic rings. The van der Waals surface area contributed by atoms with Crippen molar-refractivity contribution in [1.29, 1.82) is 0 Å². The summed E-state index contributed by atoms with van der Waals surface area (Å²) in [5.74, 6) is -0.0811. The molecule has 2 aliphatic carbocycles. The molecule has 0 aliphatic heterocycles. The van der Waals surface area contributed by atoms with Gasteiger partial charge in [-0.15, -0.1) is 5.10 Å². The molecule has 2 aliphatic rings. The van der Waals surface area contributed by atoms with Crippen LogP contribution in [-0.2, 0) is 20.2 Å². The zero-order valence-electron chi connectivity index (χ0n) is 24.7. The van der Waals surface area contributed by atoms with Crippen LogP contribution in [-0.4, -0.2) is 58.8 Å². The number of hydrazone groups is 1. The first-order chi connectivity index (χ1) is 23.3. The van der Waals surface area contributed by atoms with E-state index in [-0.39, 0.29) is 22.8 Å². The smallest absolute Gasteiger partial charge is 0.296 e. The summed E-state index contributed by atoms with van der Waals surface area (Å²) in [5.41, 5.74) is 4.80. The maximum atomic E-state index is 12.2. The molecule has 0 aromatic heterocycles. The first-order valence-corrected chi connectivity index (χ1v) is 16.9. The van der Waals surface area contributed by atoms with E-state index in [2.05, 4.69) is 25.7 Å². The molecule has 0 heterocycles. The topological polar surface area (TPSA) is 234 Å². The number of aliphatic imine (C=N–C) groups is 1. The van der Waals surface area contributed by atoms with Gasteiger partial charge in [0.15, 0.2) is 0 Å². The highest BCUT2D eigenvalue weighted by atomic mass is 32.2. The second kappa shape index (κ2) is 12.8. The molecule has 6 rings (SSSR count). The zero-order valence-corrected chi connectivity index (χ0v) is 26.4. The molecule has 0 unspecified atom stereocenters. The number of aromatic hydroxyl groups is 1. The normalized spacial score (nSPS) is 15.9. The number of allylic oxidation sites excluding steroid dienone is 6. The largest absolute Gasteiger partial charge is 0.507 e. The van der Waals surface area contributed by atoms with E-state index in [0.717, 1.165) is 18.2 Å². The van der Waals surface area contributed by atoms with E-state index in [4.69, 9.17) is 0 Å². The van der Waals surface area contributed by atoms with Crippen LogP contribution in [0.25, 0.3) is 10.8 Å². The molecule has 0 spiro atoms. The summed E-state index contributed by atoms with van der Waals surface area (Å²) in [4.78, 5) is 13.3. The Morgan fingerprint density at radius 3 is 2.02 bits per heavy atom. The first kappa shape index (κ1) is 32.8. The summed E-state index contributed by atoms with van der Waals surface area (Å²) in [5, 5.41) is 35.1. The van der Waals surface area contributed by atoms with Gasteiger partial charge in [-0.05, 0) is 66.1 Å². The molecule has 246 valence electrons. The fourth-order valence-electron chi connectivity index (χ4n) is 4.92. The Labute approximate surface area is 278 Å². The van der Waals surface area contributed by atoms with E-state index in [1.165, 1.54) is 30.4 Å². The van der Waals surface area contributed by atoms with Crippen molar-refractivity contribution in [2.75, 3.05) is 5.43 Å². The molecule has 0 atom stereocenters. The molecule has 0 saturated carbocycles. The molecule has 0 fully saturated rings. The van der Waals surface area contributed by atoms with E-state index in [1.807, 2.05) is 0 Å². The first-order valence-electron chi connectivity index (χ1n) is 14.0. The molecule has 4 aromatic carbocycles. The lowest BCUT2D eigenvalue weighted by molar-refractivity contribution is -0.385. The number of phenols is 1. The number of nitrogens with zero attached hydrogens (tertiary/aromatic N) is 5. The van der Waals surface area contributed by atoms with Crippen LogP contribution in [0.2, 0.25) is 0 Å². The maximum Gasteiger partial charge on any atom is 0.296 e. The Bertz CT molecular complexity index is 2500. The second-order valence-corrected chi connectivity index (χ2v) is 13.2. The number of phenolic OH excluding ortho intramolecular Hbond substituents is 1. The van der Waals surface area contributed by atoms with Crippen molar-refractivity contribution in [2.45, 2.75) is 9.79 Å². The van der Waals surface area contributed by atoms with Crippen LogP contribution >= 0.6 is 0 Å². The van der Waals surface area contributed by atoms with Gasteiger partial charge in [0.2, 0.25) is 0 Å². The number of anilines is 1. The Balaban J connectivity index is 1.26. The number of rotatable bonds is 7. The molecule has 0 amide bonds. The molecular formula is C32H22N6O9S2. The number of nitro benzene ring substituents is 1. The van der Waals surface area contributed by atoms with Crippen LogP contribution in [0.1, 0.15) is 11.1 Å². The lowest BCUT2D eigenvalue weighted by Crippen LogP contribution is -2.14. The van der Waals surface area contributed by atoms with Crippen molar-refractivity contribution < 1.29 is 36.0 Å². The predicted molar refractivity (Wildman–Crippen MR) is 183 cm³/mol. The monoisotopic (exact) mass is 698 g/mol. The molecule has 49 heavy (non-hydrogen) atoms. The van der Waals surface area contributed by atoms with E-state index in [1.54, 1.807) is 60.7 Å². The number of hydrogen-bond donors (Lipinski definition) is 4. The van der Waals surface area contributed by atoms with Gasteiger partial charge in [-0.3, -0.25) is 24.6 Å². The quantitative estimate of drug-likeness (QED) is 0.0833. The van der Waals surface area contributed by atoms with E-state index < -0.39 is 40.6 Å². The average Bonchev–Trinajstić information content (AvgIpc) is 3.06. The molecule has 17 heteroatoms. The van der Waals surface area contributed by atoms with Crippen LogP contribution in [0.15, 0.2) is 139 Å². The van der Waals surface area contributed by atoms with Crippen molar-refractivity contribution in [2.24, 2.45) is 20.3 Å². The lowest BCUT2D eigenvalue weighted by atomic mass is 9.94. The molecule has 4 N–H and O–H groups in total. The van der Waals surface area contributed by atoms with Gasteiger partial charge in [0.25, 0.3) is 25.9 Å². The van der Waals surface area contributed by atoms with Crippen LogP contribution in [0.3, 0.4) is 0 Å². The highest BCUT2D eigenvalue weighted by molar-refractivity contribution is 7.86. The fourth-order valence-corrected chi connectivity index (χ4v) is 6.23. The van der Waals surface area contributed by atoms with Crippen LogP contribution in [0.5, 0.6) is 5.75 Å². The number of benzene rings is 4. The van der Waals surface area contributed by atoms with Crippen molar-refractivity contribution in [3.8, 4) is 5.75 Å². The molecule has 0 radical (unpaired) electrons. The number of non-ortho nitro benzene ring substituents is 1. The number of nitro groups is 1. The van der Waals surface area contributed by atoms with Gasteiger partial charge in [0.05, 0.1) is 39.1 Å². The van der Waals surface area contributed by atoms with Gasteiger partial charge in [-0.25, -0.2) is 4.99 Å². The second-order valence-electron chi connectivity index (χ2n) is 10.4. The van der Waals surface area contributed by atoms with Gasteiger partial charge in [-0.2, -0.15) is 27.0 Å². The summed E-state index contributed by atoms with van der Waals surface area (Å²) in [7, 11) is -9.45. The lowest BCUT2D eigenvalue weighted by Gasteiger charge is -2.15. The van der Waals surface area contributed by atoms with Crippen LogP contribution < -0.4 is 5.43 Å². The fraction of sp³-hybridized carbons (Fsp3) is 0. The Morgan fingerprint density at radius 2 is 1.35 bits per heavy atom. The minimum absolute atomic E-state index is 0.0534. The maximum absolute atomic E-state index is 12.2. The van der Waals surface area contributed by atoms with Gasteiger partial charge in [0, 0.05) is 28.6 Å². The van der Waals surface area contributed by atoms with E-state index in [0.29, 0.717) is 39.0 Å². The predicted octanol–water partition coefficient (Wildman–Crippen LogP) is 5.38. The SMILES string of the molecule is O=[N+]([O-])c1ccc(N=C2C=CC(=NN=C3C=CC(=NNc4cc5c(O)cccc5cc4S(=O)(=O)O)c4ccccc43)C=C2)c(S(=O)(=O)O)c1. The highest BCUT2D eigenvalue weighted by Crippen LogP contribution is 2.33. The minimum atomic E-state index is -4.80. The third-order valence-corrected chi connectivity index (χ3v) is 8.99. The Morgan fingerprint density at radius 1 is 0.694 bits per heavy atom. The summed E-state index contributed by atoms with van der Waals surface area (Å²) < 4.78 is 67.3. The van der Waals surface area contributed by atoms with Crippen LogP contribution in [0.4, 0.5) is 17.1 Å². The Kier molecular flexibility index (Phi) is 8.57. The van der Waals surface area contributed by atoms with E-state index >= 15 is 0 Å². The van der Waals surface area contributed by atoms with Crippen molar-refractivity contribution >= 4 is 70.9 Å². The zero-order chi connectivity index (χ0) is 34.9. The summed E-state index contributed by atoms with van der Waals surface area (Å²) >= 11 is 0. The number of hydrogen-bond acceptors (Lipinski definition) is 12. The van der Waals surface area contributed by atoms with Gasteiger partial charge < -0.3 is 5.11 Å². The summed E-state index contributed by atoms with van der Waals surface area (Å²) in [6, 6.07) is 17.2. The third-order valence-electron chi connectivity index (χ3n) is 7.21. The van der Waals surface area contributed by atoms with Crippen molar-refractivity contribution in [1.82, 2.24) is 0 Å². The number of nitrogens with one attached hydrogen (secondary N) is 1. The molecule has 0 saturated heterocycles. The number of fused-ring (bicyclic) bond motifs is 2. The highest BCUT2D eigenvalue weighted by Gasteiger charge is 2.22. The van der Waals surface area contributed by atoms with Gasteiger partial charge >= 0.3 is 0 Å². The molecule has 15 nitrogen and oxygen atoms in total. The summed E-state index contributed by atoms with van der Waals surface area (Å²) in [6.45, 7) is 0. The standard InChI is InChI=1S/C32H22N6O9S2/c39-30-7-3-4-19-16-31(48(42,43)44)29(18-25(19)30)37-36-27-15-14-26(23-5-1-2-6-24(23)27)35-34-21-10-8-20(9-11-21)33-28-13-12-22(38(40)41)17-32(28)49(45,46)47/h1-18,37,39H,(H,42,43,44)(H,45,46,47).